The molecule has 1 atom stereocenters. The number of piperidine rings is 1. The molecule has 134 valence electrons. The van der Waals surface area contributed by atoms with E-state index in [1.165, 1.54) is 30.2 Å². The van der Waals surface area contributed by atoms with Gasteiger partial charge in [-0.25, -0.2) is 9.07 Å². The van der Waals surface area contributed by atoms with Gasteiger partial charge in [-0.1, -0.05) is 0 Å². The fourth-order valence-corrected chi connectivity index (χ4v) is 4.79. The molecule has 2 aliphatic rings. The first-order valence-electron chi connectivity index (χ1n) is 9.27. The standard InChI is InChI=1S/C20H22FN5/c21-17-3-4-18(26-10-2-8-23-26)16(11-17)13-25-9-1-6-20(14-25)7-5-15-12-22-24-19(15)20/h2-4,8,10-12H,1,5-7,9,13-14H2,(H,22,24). The van der Waals surface area contributed by atoms with Crippen molar-refractivity contribution in [2.24, 2.45) is 0 Å². The summed E-state index contributed by atoms with van der Waals surface area (Å²) in [4.78, 5) is 2.46. The highest BCUT2D eigenvalue weighted by Crippen LogP contribution is 2.44. The van der Waals surface area contributed by atoms with Gasteiger partial charge in [0.25, 0.3) is 0 Å². The predicted octanol–water partition coefficient (Wildman–Crippen LogP) is 3.21. The summed E-state index contributed by atoms with van der Waals surface area (Å²) in [6.07, 6.45) is 10.3. The Balaban J connectivity index is 1.43. The number of halogens is 1. The Kier molecular flexibility index (Phi) is 3.67. The van der Waals surface area contributed by atoms with Crippen molar-refractivity contribution in [3.8, 4) is 5.69 Å². The van der Waals surface area contributed by atoms with Crippen LogP contribution in [0.3, 0.4) is 0 Å². The topological polar surface area (TPSA) is 49.7 Å². The van der Waals surface area contributed by atoms with Crippen molar-refractivity contribution in [3.63, 3.8) is 0 Å². The summed E-state index contributed by atoms with van der Waals surface area (Å²) >= 11 is 0. The molecule has 3 aromatic rings. The maximum Gasteiger partial charge on any atom is 0.123 e. The lowest BCUT2D eigenvalue weighted by atomic mass is 9.77. The number of nitrogens with zero attached hydrogens (tertiary/aromatic N) is 4. The molecule has 1 fully saturated rings. The zero-order valence-electron chi connectivity index (χ0n) is 14.7. The van der Waals surface area contributed by atoms with Gasteiger partial charge >= 0.3 is 0 Å². The summed E-state index contributed by atoms with van der Waals surface area (Å²) < 4.78 is 15.7. The molecule has 5 nitrogen and oxygen atoms in total. The Morgan fingerprint density at radius 3 is 3.12 bits per heavy atom. The maximum absolute atomic E-state index is 13.9. The van der Waals surface area contributed by atoms with Gasteiger partial charge in [0.2, 0.25) is 0 Å². The molecule has 0 amide bonds. The maximum atomic E-state index is 13.9. The number of aryl methyl sites for hydroxylation is 1. The average molecular weight is 351 g/mol. The number of aromatic nitrogens is 4. The van der Waals surface area contributed by atoms with E-state index in [1.807, 2.05) is 29.2 Å². The number of nitrogens with one attached hydrogen (secondary N) is 1. The molecule has 1 aliphatic heterocycles. The highest BCUT2D eigenvalue weighted by Gasteiger charge is 2.43. The van der Waals surface area contributed by atoms with Crippen LogP contribution in [0.15, 0.2) is 42.9 Å². The molecule has 26 heavy (non-hydrogen) atoms. The highest BCUT2D eigenvalue weighted by molar-refractivity contribution is 5.41. The number of aromatic amines is 1. The Morgan fingerprint density at radius 2 is 2.23 bits per heavy atom. The van der Waals surface area contributed by atoms with Crippen LogP contribution in [0.4, 0.5) is 4.39 Å². The van der Waals surface area contributed by atoms with Crippen molar-refractivity contribution < 1.29 is 4.39 Å². The van der Waals surface area contributed by atoms with Crippen LogP contribution in [-0.2, 0) is 18.4 Å². The molecule has 0 radical (unpaired) electrons. The summed E-state index contributed by atoms with van der Waals surface area (Å²) in [7, 11) is 0. The molecule has 1 spiro atoms. The first kappa shape index (κ1) is 15.8. The third-order valence-electron chi connectivity index (χ3n) is 5.96. The molecule has 1 saturated heterocycles. The number of H-pyrrole nitrogens is 1. The van der Waals surface area contributed by atoms with Crippen LogP contribution in [0.25, 0.3) is 5.69 Å². The predicted molar refractivity (Wildman–Crippen MR) is 96.6 cm³/mol. The largest absolute Gasteiger partial charge is 0.298 e. The van der Waals surface area contributed by atoms with E-state index < -0.39 is 0 Å². The molecule has 2 aromatic heterocycles. The van der Waals surface area contributed by atoms with Gasteiger partial charge in [-0.15, -0.1) is 0 Å². The Labute approximate surface area is 151 Å². The molecule has 1 aliphatic carbocycles. The Hall–Kier alpha value is -2.47. The third kappa shape index (κ3) is 2.56. The van der Waals surface area contributed by atoms with Crippen molar-refractivity contribution in [3.05, 3.63) is 65.5 Å². The van der Waals surface area contributed by atoms with E-state index >= 15 is 0 Å². The second-order valence-electron chi connectivity index (χ2n) is 7.59. The van der Waals surface area contributed by atoms with Crippen LogP contribution in [0, 0.1) is 5.82 Å². The van der Waals surface area contributed by atoms with Crippen LogP contribution >= 0.6 is 0 Å². The minimum atomic E-state index is -0.195. The molecular formula is C20H22FN5. The zero-order chi connectivity index (χ0) is 17.6. The number of hydrogen-bond donors (Lipinski definition) is 1. The number of rotatable bonds is 3. The fraction of sp³-hybridized carbons (Fsp3) is 0.400. The number of benzene rings is 1. The second-order valence-corrected chi connectivity index (χ2v) is 7.59. The second kappa shape index (κ2) is 6.06. The van der Waals surface area contributed by atoms with E-state index in [1.54, 1.807) is 12.3 Å². The molecule has 0 bridgehead atoms. The van der Waals surface area contributed by atoms with Gasteiger partial charge in [0.15, 0.2) is 0 Å². The van der Waals surface area contributed by atoms with E-state index in [-0.39, 0.29) is 11.2 Å². The third-order valence-corrected chi connectivity index (χ3v) is 5.96. The lowest BCUT2D eigenvalue weighted by Gasteiger charge is -2.40. The molecule has 5 rings (SSSR count). The summed E-state index contributed by atoms with van der Waals surface area (Å²) in [5.74, 6) is -0.195. The van der Waals surface area contributed by atoms with Crippen LogP contribution in [0.5, 0.6) is 0 Å². The normalized spacial score (nSPS) is 22.8. The van der Waals surface area contributed by atoms with E-state index in [0.717, 1.165) is 43.7 Å². The van der Waals surface area contributed by atoms with E-state index in [4.69, 9.17) is 0 Å². The minimum absolute atomic E-state index is 0.184. The Bertz CT molecular complexity index is 916. The van der Waals surface area contributed by atoms with Gasteiger partial charge < -0.3 is 0 Å². The first-order valence-corrected chi connectivity index (χ1v) is 9.27. The zero-order valence-corrected chi connectivity index (χ0v) is 14.7. The summed E-state index contributed by atoms with van der Waals surface area (Å²) in [6.45, 7) is 2.77. The molecular weight excluding hydrogens is 329 g/mol. The number of hydrogen-bond acceptors (Lipinski definition) is 3. The number of likely N-dealkylation sites (tertiary alicyclic amines) is 1. The number of fused-ring (bicyclic) bond motifs is 2. The van der Waals surface area contributed by atoms with Crippen LogP contribution < -0.4 is 0 Å². The van der Waals surface area contributed by atoms with Crippen molar-refractivity contribution >= 4 is 0 Å². The van der Waals surface area contributed by atoms with Gasteiger partial charge in [0.1, 0.15) is 5.82 Å². The van der Waals surface area contributed by atoms with Gasteiger partial charge in [0.05, 0.1) is 11.9 Å². The van der Waals surface area contributed by atoms with Crippen molar-refractivity contribution in [2.45, 2.75) is 37.6 Å². The van der Waals surface area contributed by atoms with Crippen LogP contribution in [0.1, 0.15) is 36.1 Å². The molecule has 1 aromatic carbocycles. The van der Waals surface area contributed by atoms with Crippen molar-refractivity contribution in [1.29, 1.82) is 0 Å². The molecule has 6 heteroatoms. The molecule has 1 unspecified atom stereocenters. The summed E-state index contributed by atoms with van der Waals surface area (Å²) in [6, 6.07) is 6.86. The highest BCUT2D eigenvalue weighted by atomic mass is 19.1. The van der Waals surface area contributed by atoms with Gasteiger partial charge in [0, 0.05) is 36.6 Å². The average Bonchev–Trinajstić information content (AvgIpc) is 3.36. The SMILES string of the molecule is Fc1ccc(-n2cccn2)c(CN2CCCC3(CCc4cn[nH]c43)C2)c1. The summed E-state index contributed by atoms with van der Waals surface area (Å²) in [5, 5.41) is 11.8. The molecule has 1 N–H and O–H groups in total. The first-order chi connectivity index (χ1) is 12.7. The van der Waals surface area contributed by atoms with Gasteiger partial charge in [-0.05, 0) is 67.6 Å². The molecule has 0 saturated carbocycles. The quantitative estimate of drug-likeness (QED) is 0.788. The van der Waals surface area contributed by atoms with E-state index in [0.29, 0.717) is 0 Å². The van der Waals surface area contributed by atoms with Crippen molar-refractivity contribution in [1.82, 2.24) is 24.9 Å². The van der Waals surface area contributed by atoms with E-state index in [9.17, 15) is 4.39 Å². The monoisotopic (exact) mass is 351 g/mol. The lowest BCUT2D eigenvalue weighted by Crippen LogP contribution is -2.44. The van der Waals surface area contributed by atoms with E-state index in [2.05, 4.69) is 20.2 Å². The van der Waals surface area contributed by atoms with Gasteiger partial charge in [-0.2, -0.15) is 10.2 Å². The Morgan fingerprint density at radius 1 is 1.27 bits per heavy atom. The minimum Gasteiger partial charge on any atom is -0.298 e. The van der Waals surface area contributed by atoms with Crippen LogP contribution in [0.2, 0.25) is 0 Å². The molecule has 3 heterocycles. The smallest absolute Gasteiger partial charge is 0.123 e. The van der Waals surface area contributed by atoms with Crippen molar-refractivity contribution in [2.75, 3.05) is 13.1 Å². The van der Waals surface area contributed by atoms with Crippen LogP contribution in [-0.4, -0.2) is 38.0 Å². The summed E-state index contributed by atoms with van der Waals surface area (Å²) in [5.41, 5.74) is 4.81. The fourth-order valence-electron chi connectivity index (χ4n) is 4.79. The van der Waals surface area contributed by atoms with Gasteiger partial charge in [-0.3, -0.25) is 10.00 Å². The lowest BCUT2D eigenvalue weighted by molar-refractivity contribution is 0.136.